The van der Waals surface area contributed by atoms with E-state index in [2.05, 4.69) is 15.6 Å². The van der Waals surface area contributed by atoms with Crippen molar-refractivity contribution in [3.63, 3.8) is 0 Å². The van der Waals surface area contributed by atoms with Gasteiger partial charge in [-0.25, -0.2) is 8.78 Å². The van der Waals surface area contributed by atoms with Gasteiger partial charge in [0.1, 0.15) is 12.3 Å². The minimum atomic E-state index is -1.11. The Labute approximate surface area is 145 Å². The summed E-state index contributed by atoms with van der Waals surface area (Å²) in [5.74, 6) is -0.932. The van der Waals surface area contributed by atoms with Crippen LogP contribution in [-0.2, 0) is 11.3 Å². The highest BCUT2D eigenvalue weighted by Gasteiger charge is 2.30. The van der Waals surface area contributed by atoms with E-state index in [9.17, 15) is 13.6 Å². The average Bonchev–Trinajstić information content (AvgIpc) is 3.27. The molecule has 1 saturated heterocycles. The highest BCUT2D eigenvalue weighted by Crippen LogP contribution is 2.30. The predicted molar refractivity (Wildman–Crippen MR) is 86.8 cm³/mol. The van der Waals surface area contributed by atoms with E-state index in [0.717, 1.165) is 19.4 Å². The summed E-state index contributed by atoms with van der Waals surface area (Å²) >= 11 is 0. The molecule has 1 saturated carbocycles. The number of aromatic nitrogens is 1. The van der Waals surface area contributed by atoms with Crippen LogP contribution in [0.25, 0.3) is 0 Å². The molecule has 2 unspecified atom stereocenters. The van der Waals surface area contributed by atoms with Crippen molar-refractivity contribution in [2.75, 3.05) is 13.7 Å². The monoisotopic (exact) mass is 355 g/mol. The Kier molecular flexibility index (Phi) is 5.67. The van der Waals surface area contributed by atoms with Crippen LogP contribution in [-0.4, -0.2) is 42.9 Å². The van der Waals surface area contributed by atoms with Gasteiger partial charge in [-0.3, -0.25) is 4.79 Å². The van der Waals surface area contributed by atoms with Gasteiger partial charge in [0.15, 0.2) is 5.82 Å². The molecule has 0 spiro atoms. The molecule has 1 aliphatic carbocycles. The number of carbonyl (C=O) groups is 1. The zero-order chi connectivity index (χ0) is 17.8. The van der Waals surface area contributed by atoms with Crippen molar-refractivity contribution >= 4 is 5.91 Å². The lowest BCUT2D eigenvalue weighted by molar-refractivity contribution is -0.122. The molecule has 3 rings (SSSR count). The number of carbonyl (C=O) groups excluding carboxylic acids is 1. The number of nitrogens with zero attached hydrogens (tertiary/aromatic N) is 1. The first-order chi connectivity index (χ1) is 12.1. The number of halogens is 2. The Hall–Kier alpha value is -1.96. The Morgan fingerprint density at radius 3 is 2.84 bits per heavy atom. The van der Waals surface area contributed by atoms with Crippen molar-refractivity contribution in [3.8, 4) is 11.8 Å². The van der Waals surface area contributed by atoms with E-state index in [4.69, 9.17) is 9.47 Å². The molecule has 2 N–H and O–H groups in total. The molecule has 3 atom stereocenters. The van der Waals surface area contributed by atoms with Crippen LogP contribution in [0.2, 0.25) is 0 Å². The molecule has 0 radical (unpaired) electrons. The fraction of sp³-hybridized carbons (Fsp3) is 0.647. The van der Waals surface area contributed by atoms with Crippen LogP contribution in [0, 0.1) is 5.82 Å². The van der Waals surface area contributed by atoms with Gasteiger partial charge in [-0.1, -0.05) is 0 Å². The number of hydrogen-bond acceptors (Lipinski definition) is 5. The molecule has 2 aliphatic rings. The summed E-state index contributed by atoms with van der Waals surface area (Å²) in [6.45, 7) is 0.917. The van der Waals surface area contributed by atoms with E-state index >= 15 is 0 Å². The predicted octanol–water partition coefficient (Wildman–Crippen LogP) is 1.87. The standard InChI is InChI=1S/C17H23F2N3O3/c1-24-16-10(9-21-15(23)13-5-3-7-20-13)8-12(19)17(22-16)25-14-6-2-4-11(14)18/h8,11,13-14,20H,2-7,9H2,1H3,(H,21,23)/t11?,13-,14?/m0/s1. The second-order valence-electron chi connectivity index (χ2n) is 6.41. The van der Waals surface area contributed by atoms with Gasteiger partial charge in [-0.05, 0) is 44.7 Å². The van der Waals surface area contributed by atoms with Crippen molar-refractivity contribution in [2.45, 2.75) is 57.0 Å². The summed E-state index contributed by atoms with van der Waals surface area (Å²) in [5, 5.41) is 5.85. The minimum Gasteiger partial charge on any atom is -0.481 e. The zero-order valence-corrected chi connectivity index (χ0v) is 14.2. The van der Waals surface area contributed by atoms with Crippen molar-refractivity contribution < 1.29 is 23.0 Å². The molecular weight excluding hydrogens is 332 g/mol. The highest BCUT2D eigenvalue weighted by atomic mass is 19.1. The summed E-state index contributed by atoms with van der Waals surface area (Å²) in [6.07, 6.45) is 1.63. The topological polar surface area (TPSA) is 72.5 Å². The smallest absolute Gasteiger partial charge is 0.254 e. The second kappa shape index (κ2) is 7.95. The molecule has 25 heavy (non-hydrogen) atoms. The number of alkyl halides is 1. The van der Waals surface area contributed by atoms with E-state index in [1.54, 1.807) is 0 Å². The fourth-order valence-electron chi connectivity index (χ4n) is 3.25. The second-order valence-corrected chi connectivity index (χ2v) is 6.41. The Morgan fingerprint density at radius 1 is 1.36 bits per heavy atom. The van der Waals surface area contributed by atoms with Gasteiger partial charge in [0.2, 0.25) is 11.8 Å². The van der Waals surface area contributed by atoms with Crippen molar-refractivity contribution in [3.05, 3.63) is 17.4 Å². The van der Waals surface area contributed by atoms with Crippen molar-refractivity contribution in [1.29, 1.82) is 0 Å². The van der Waals surface area contributed by atoms with Gasteiger partial charge in [-0.2, -0.15) is 4.98 Å². The van der Waals surface area contributed by atoms with Gasteiger partial charge in [0.05, 0.1) is 13.2 Å². The molecule has 1 amide bonds. The summed E-state index contributed by atoms with van der Waals surface area (Å²) in [6, 6.07) is 1.00. The lowest BCUT2D eigenvalue weighted by atomic mass is 10.2. The quantitative estimate of drug-likeness (QED) is 0.815. The lowest BCUT2D eigenvalue weighted by Gasteiger charge is -2.17. The van der Waals surface area contributed by atoms with Gasteiger partial charge in [0.25, 0.3) is 5.88 Å². The van der Waals surface area contributed by atoms with Crippen LogP contribution in [0.3, 0.4) is 0 Å². The molecule has 138 valence electrons. The summed E-state index contributed by atoms with van der Waals surface area (Å²) in [4.78, 5) is 16.1. The first kappa shape index (κ1) is 17.8. The van der Waals surface area contributed by atoms with E-state index in [1.807, 2.05) is 0 Å². The maximum absolute atomic E-state index is 14.3. The van der Waals surface area contributed by atoms with E-state index < -0.39 is 18.1 Å². The SMILES string of the molecule is COc1nc(OC2CCCC2F)c(F)cc1CNC(=O)[C@@H]1CCCN1. The first-order valence-electron chi connectivity index (χ1n) is 8.63. The van der Waals surface area contributed by atoms with Gasteiger partial charge in [-0.15, -0.1) is 0 Å². The van der Waals surface area contributed by atoms with E-state index in [0.29, 0.717) is 24.8 Å². The molecule has 1 aromatic heterocycles. The van der Waals surface area contributed by atoms with E-state index in [-0.39, 0.29) is 30.3 Å². The van der Waals surface area contributed by atoms with Gasteiger partial charge in [0, 0.05) is 12.1 Å². The van der Waals surface area contributed by atoms with Gasteiger partial charge < -0.3 is 20.1 Å². The Bertz CT molecular complexity index is 623. The Morgan fingerprint density at radius 2 is 2.20 bits per heavy atom. The number of methoxy groups -OCH3 is 1. The maximum Gasteiger partial charge on any atom is 0.254 e. The number of amides is 1. The molecule has 2 heterocycles. The molecular formula is C17H23F2N3O3. The van der Waals surface area contributed by atoms with Crippen LogP contribution in [0.15, 0.2) is 6.07 Å². The first-order valence-corrected chi connectivity index (χ1v) is 8.63. The molecule has 2 fully saturated rings. The number of nitrogens with one attached hydrogen (secondary N) is 2. The zero-order valence-electron chi connectivity index (χ0n) is 14.2. The summed E-state index contributed by atoms with van der Waals surface area (Å²) in [7, 11) is 1.40. The number of pyridine rings is 1. The third kappa shape index (κ3) is 4.18. The highest BCUT2D eigenvalue weighted by molar-refractivity contribution is 5.82. The van der Waals surface area contributed by atoms with Crippen LogP contribution >= 0.6 is 0 Å². The van der Waals surface area contributed by atoms with Crippen molar-refractivity contribution in [1.82, 2.24) is 15.6 Å². The third-order valence-electron chi connectivity index (χ3n) is 4.64. The van der Waals surface area contributed by atoms with Gasteiger partial charge >= 0.3 is 0 Å². The minimum absolute atomic E-state index is 0.0968. The number of ether oxygens (including phenoxy) is 2. The lowest BCUT2D eigenvalue weighted by Crippen LogP contribution is -2.40. The molecule has 0 aromatic carbocycles. The number of rotatable bonds is 6. The van der Waals surface area contributed by atoms with Crippen molar-refractivity contribution in [2.24, 2.45) is 0 Å². The van der Waals surface area contributed by atoms with Crippen LogP contribution in [0.4, 0.5) is 8.78 Å². The molecule has 1 aromatic rings. The molecule has 0 bridgehead atoms. The van der Waals surface area contributed by atoms with Crippen LogP contribution < -0.4 is 20.1 Å². The fourth-order valence-corrected chi connectivity index (χ4v) is 3.25. The maximum atomic E-state index is 14.3. The number of hydrogen-bond donors (Lipinski definition) is 2. The largest absolute Gasteiger partial charge is 0.481 e. The van der Waals surface area contributed by atoms with Crippen LogP contribution in [0.5, 0.6) is 11.8 Å². The van der Waals surface area contributed by atoms with Crippen LogP contribution in [0.1, 0.15) is 37.7 Å². The summed E-state index contributed by atoms with van der Waals surface area (Å²) < 4.78 is 38.5. The van der Waals surface area contributed by atoms with E-state index in [1.165, 1.54) is 13.2 Å². The normalized spacial score (nSPS) is 25.8. The Balaban J connectivity index is 1.67. The molecule has 8 heteroatoms. The average molecular weight is 355 g/mol. The molecule has 6 nitrogen and oxygen atoms in total. The molecule has 1 aliphatic heterocycles. The summed E-state index contributed by atoms with van der Waals surface area (Å²) in [5.41, 5.74) is 0.405. The third-order valence-corrected chi connectivity index (χ3v) is 4.64.